The van der Waals surface area contributed by atoms with Crippen LogP contribution in [-0.4, -0.2) is 65.8 Å². The highest BCUT2D eigenvalue weighted by Gasteiger charge is 2.19. The number of aliphatic imine (C=N–C) groups is 1. The van der Waals surface area contributed by atoms with Gasteiger partial charge in [-0.25, -0.2) is 0 Å². The molecule has 0 spiro atoms. The molecule has 2 rings (SSSR count). The second-order valence-corrected chi connectivity index (χ2v) is 8.96. The van der Waals surface area contributed by atoms with Crippen molar-refractivity contribution >= 4 is 17.7 Å². The van der Waals surface area contributed by atoms with Crippen molar-refractivity contribution in [3.05, 3.63) is 35.4 Å². The standard InChI is InChI=1S/C20H34N4OS/c1-5-21-19(23-15-20(2,3)26-4)22-12-18(25)14-24-11-10-16-8-6-7-9-17(16)13-24/h6-9,18,25H,5,10-15H2,1-4H3,(H2,21,22,23). The summed E-state index contributed by atoms with van der Waals surface area (Å²) in [4.78, 5) is 6.98. The fourth-order valence-corrected chi connectivity index (χ4v) is 3.16. The lowest BCUT2D eigenvalue weighted by molar-refractivity contribution is 0.108. The van der Waals surface area contributed by atoms with Crippen LogP contribution >= 0.6 is 11.8 Å². The SMILES string of the molecule is CCNC(=NCC(C)(C)SC)NCC(O)CN1CCc2ccccc2C1. The van der Waals surface area contributed by atoms with Crippen molar-refractivity contribution in [3.8, 4) is 0 Å². The number of aliphatic hydroxyl groups excluding tert-OH is 1. The molecule has 0 radical (unpaired) electrons. The van der Waals surface area contributed by atoms with Crippen molar-refractivity contribution in [2.45, 2.75) is 44.6 Å². The molecular formula is C20H34N4OS. The fourth-order valence-electron chi connectivity index (χ4n) is 2.96. The van der Waals surface area contributed by atoms with Crippen LogP contribution in [0.4, 0.5) is 0 Å². The van der Waals surface area contributed by atoms with Gasteiger partial charge in [0.15, 0.2) is 5.96 Å². The molecule has 26 heavy (non-hydrogen) atoms. The van der Waals surface area contributed by atoms with Crippen molar-refractivity contribution in [1.82, 2.24) is 15.5 Å². The zero-order valence-corrected chi connectivity index (χ0v) is 17.4. The average Bonchev–Trinajstić information content (AvgIpc) is 2.64. The third kappa shape index (κ3) is 6.82. The Kier molecular flexibility index (Phi) is 8.25. The lowest BCUT2D eigenvalue weighted by Crippen LogP contribution is -2.45. The van der Waals surface area contributed by atoms with Crippen LogP contribution in [0.15, 0.2) is 29.3 Å². The van der Waals surface area contributed by atoms with Gasteiger partial charge in [-0.05, 0) is 44.6 Å². The molecule has 0 saturated heterocycles. The molecule has 3 N–H and O–H groups in total. The summed E-state index contributed by atoms with van der Waals surface area (Å²) in [7, 11) is 0. The van der Waals surface area contributed by atoms with E-state index in [0.29, 0.717) is 13.1 Å². The lowest BCUT2D eigenvalue weighted by atomic mass is 10.00. The highest BCUT2D eigenvalue weighted by molar-refractivity contribution is 7.99. The normalized spacial score (nSPS) is 16.9. The maximum Gasteiger partial charge on any atom is 0.191 e. The minimum atomic E-state index is -0.419. The number of fused-ring (bicyclic) bond motifs is 1. The van der Waals surface area contributed by atoms with Gasteiger partial charge in [-0.2, -0.15) is 11.8 Å². The summed E-state index contributed by atoms with van der Waals surface area (Å²) >= 11 is 1.81. The Hall–Kier alpha value is -1.24. The molecular weight excluding hydrogens is 344 g/mol. The van der Waals surface area contributed by atoms with E-state index in [1.54, 1.807) is 0 Å². The molecule has 0 saturated carbocycles. The molecule has 0 amide bonds. The fraction of sp³-hybridized carbons (Fsp3) is 0.650. The summed E-state index contributed by atoms with van der Waals surface area (Å²) in [5.41, 5.74) is 2.82. The third-order valence-electron chi connectivity index (χ3n) is 4.70. The van der Waals surface area contributed by atoms with Gasteiger partial charge in [-0.15, -0.1) is 0 Å². The van der Waals surface area contributed by atoms with Crippen molar-refractivity contribution in [2.75, 3.05) is 39.0 Å². The van der Waals surface area contributed by atoms with Gasteiger partial charge in [0.2, 0.25) is 0 Å². The molecule has 6 heteroatoms. The molecule has 1 aromatic carbocycles. The van der Waals surface area contributed by atoms with Crippen LogP contribution in [0.3, 0.4) is 0 Å². The first kappa shape index (κ1) is 21.1. The van der Waals surface area contributed by atoms with Crippen LogP contribution in [0, 0.1) is 0 Å². The molecule has 1 unspecified atom stereocenters. The van der Waals surface area contributed by atoms with Crippen molar-refractivity contribution < 1.29 is 5.11 Å². The van der Waals surface area contributed by atoms with Gasteiger partial charge in [0.25, 0.3) is 0 Å². The van der Waals surface area contributed by atoms with Crippen LogP contribution in [-0.2, 0) is 13.0 Å². The predicted molar refractivity (Wildman–Crippen MR) is 113 cm³/mol. The van der Waals surface area contributed by atoms with Gasteiger partial charge in [0, 0.05) is 37.5 Å². The molecule has 0 fully saturated rings. The Morgan fingerprint density at radius 2 is 2.04 bits per heavy atom. The minimum Gasteiger partial charge on any atom is -0.390 e. The molecule has 1 aliphatic rings. The van der Waals surface area contributed by atoms with Gasteiger partial charge in [0.1, 0.15) is 0 Å². The number of nitrogens with one attached hydrogen (secondary N) is 2. The topological polar surface area (TPSA) is 59.9 Å². The van der Waals surface area contributed by atoms with Crippen LogP contribution in [0.2, 0.25) is 0 Å². The zero-order chi connectivity index (χ0) is 19.0. The summed E-state index contributed by atoms with van der Waals surface area (Å²) in [5.74, 6) is 0.776. The van der Waals surface area contributed by atoms with Gasteiger partial charge in [-0.1, -0.05) is 24.3 Å². The number of aliphatic hydroxyl groups is 1. The maximum absolute atomic E-state index is 10.4. The third-order valence-corrected chi connectivity index (χ3v) is 5.93. The van der Waals surface area contributed by atoms with E-state index in [4.69, 9.17) is 0 Å². The van der Waals surface area contributed by atoms with Gasteiger partial charge in [-0.3, -0.25) is 9.89 Å². The van der Waals surface area contributed by atoms with E-state index < -0.39 is 6.10 Å². The first-order valence-corrected chi connectivity index (χ1v) is 10.7. The number of rotatable bonds is 8. The molecule has 1 aliphatic heterocycles. The number of nitrogens with zero attached hydrogens (tertiary/aromatic N) is 2. The molecule has 0 bridgehead atoms. The monoisotopic (exact) mass is 378 g/mol. The molecule has 1 atom stereocenters. The number of thioether (sulfide) groups is 1. The second kappa shape index (κ2) is 10.2. The van der Waals surface area contributed by atoms with Crippen molar-refractivity contribution in [2.24, 2.45) is 4.99 Å². The van der Waals surface area contributed by atoms with Crippen molar-refractivity contribution in [3.63, 3.8) is 0 Å². The van der Waals surface area contributed by atoms with Gasteiger partial charge in [0.05, 0.1) is 12.6 Å². The van der Waals surface area contributed by atoms with E-state index >= 15 is 0 Å². The minimum absolute atomic E-state index is 0.113. The quantitative estimate of drug-likeness (QED) is 0.478. The smallest absolute Gasteiger partial charge is 0.191 e. The van der Waals surface area contributed by atoms with Crippen molar-refractivity contribution in [1.29, 1.82) is 0 Å². The van der Waals surface area contributed by atoms with E-state index in [-0.39, 0.29) is 4.75 Å². The summed E-state index contributed by atoms with van der Waals surface area (Å²) in [6.07, 6.45) is 2.75. The first-order valence-electron chi connectivity index (χ1n) is 9.48. The molecule has 0 aliphatic carbocycles. The van der Waals surface area contributed by atoms with Crippen LogP contribution in [0.25, 0.3) is 0 Å². The number of benzene rings is 1. The largest absolute Gasteiger partial charge is 0.390 e. The van der Waals surface area contributed by atoms with Gasteiger partial charge >= 0.3 is 0 Å². The van der Waals surface area contributed by atoms with E-state index in [0.717, 1.165) is 38.6 Å². The Morgan fingerprint density at radius 3 is 2.73 bits per heavy atom. The Bertz CT molecular complexity index is 591. The highest BCUT2D eigenvalue weighted by Crippen LogP contribution is 2.21. The zero-order valence-electron chi connectivity index (χ0n) is 16.6. The number of hydrogen-bond acceptors (Lipinski definition) is 4. The van der Waals surface area contributed by atoms with E-state index in [1.807, 2.05) is 11.8 Å². The summed E-state index contributed by atoms with van der Waals surface area (Å²) in [6.45, 7) is 11.1. The lowest BCUT2D eigenvalue weighted by Gasteiger charge is -2.30. The number of β-amino-alcohol motifs (C(OH)–C–C–N with tert-alkyl or cyclic N) is 1. The molecule has 0 aromatic heterocycles. The Balaban J connectivity index is 1.81. The Morgan fingerprint density at radius 1 is 1.31 bits per heavy atom. The number of guanidine groups is 1. The highest BCUT2D eigenvalue weighted by atomic mass is 32.2. The average molecular weight is 379 g/mol. The summed E-state index contributed by atoms with van der Waals surface area (Å²) in [5, 5.41) is 17.0. The summed E-state index contributed by atoms with van der Waals surface area (Å²) in [6, 6.07) is 8.60. The van der Waals surface area contributed by atoms with Crippen LogP contribution in [0.5, 0.6) is 0 Å². The van der Waals surface area contributed by atoms with E-state index in [2.05, 4.69) is 71.8 Å². The Labute approximate surface area is 162 Å². The van der Waals surface area contributed by atoms with E-state index in [9.17, 15) is 5.11 Å². The maximum atomic E-state index is 10.4. The predicted octanol–water partition coefficient (Wildman–Crippen LogP) is 2.10. The second-order valence-electron chi connectivity index (χ2n) is 7.45. The van der Waals surface area contributed by atoms with Crippen LogP contribution in [0.1, 0.15) is 31.9 Å². The van der Waals surface area contributed by atoms with Gasteiger partial charge < -0.3 is 15.7 Å². The van der Waals surface area contributed by atoms with Crippen LogP contribution < -0.4 is 10.6 Å². The first-order chi connectivity index (χ1) is 12.4. The molecule has 146 valence electrons. The summed E-state index contributed by atoms with van der Waals surface area (Å²) < 4.78 is 0.113. The van der Waals surface area contributed by atoms with E-state index in [1.165, 1.54) is 11.1 Å². The molecule has 5 nitrogen and oxygen atoms in total. The number of hydrogen-bond donors (Lipinski definition) is 3. The molecule has 1 aromatic rings. The molecule has 1 heterocycles.